The van der Waals surface area contributed by atoms with Crippen molar-refractivity contribution in [1.29, 1.82) is 0 Å². The van der Waals surface area contributed by atoms with Gasteiger partial charge in [0.15, 0.2) is 0 Å². The minimum absolute atomic E-state index is 0.0983. The standard InChI is InChI=1S/C8H15N3O/c1-8(2,3)7(12)4-6-5-9-11-10-6/h5,7,12H,4H2,1-3H3,(H,9,10,11). The lowest BCUT2D eigenvalue weighted by Crippen LogP contribution is -2.28. The first-order valence-corrected chi connectivity index (χ1v) is 4.03. The summed E-state index contributed by atoms with van der Waals surface area (Å²) < 4.78 is 0. The van der Waals surface area contributed by atoms with Gasteiger partial charge in [-0.05, 0) is 5.41 Å². The number of rotatable bonds is 2. The Labute approximate surface area is 72.0 Å². The molecule has 0 aliphatic heterocycles. The zero-order chi connectivity index (χ0) is 9.19. The van der Waals surface area contributed by atoms with E-state index in [0.717, 1.165) is 5.69 Å². The van der Waals surface area contributed by atoms with Crippen LogP contribution in [0.2, 0.25) is 0 Å². The van der Waals surface area contributed by atoms with E-state index >= 15 is 0 Å². The number of nitrogens with one attached hydrogen (secondary N) is 1. The zero-order valence-electron chi connectivity index (χ0n) is 7.70. The zero-order valence-corrected chi connectivity index (χ0v) is 7.70. The second-order valence-corrected chi connectivity index (χ2v) is 4.05. The Balaban J connectivity index is 2.53. The normalized spacial score (nSPS) is 14.7. The third-order valence-corrected chi connectivity index (χ3v) is 1.87. The molecule has 1 rings (SSSR count). The predicted molar refractivity (Wildman–Crippen MR) is 45.5 cm³/mol. The van der Waals surface area contributed by atoms with Crippen LogP contribution in [0.1, 0.15) is 26.5 Å². The molecule has 0 saturated carbocycles. The molecule has 12 heavy (non-hydrogen) atoms. The summed E-state index contributed by atoms with van der Waals surface area (Å²) in [5, 5.41) is 19.7. The van der Waals surface area contributed by atoms with Crippen molar-refractivity contribution in [3.05, 3.63) is 11.9 Å². The van der Waals surface area contributed by atoms with Crippen LogP contribution in [0.3, 0.4) is 0 Å². The maximum Gasteiger partial charge on any atom is 0.0850 e. The van der Waals surface area contributed by atoms with Gasteiger partial charge in [0.2, 0.25) is 0 Å². The fourth-order valence-electron chi connectivity index (χ4n) is 0.828. The summed E-state index contributed by atoms with van der Waals surface area (Å²) in [6.07, 6.45) is 1.82. The second-order valence-electron chi connectivity index (χ2n) is 4.05. The van der Waals surface area contributed by atoms with Crippen molar-refractivity contribution >= 4 is 0 Å². The summed E-state index contributed by atoms with van der Waals surface area (Å²) in [6, 6.07) is 0. The van der Waals surface area contributed by atoms with Crippen molar-refractivity contribution in [2.45, 2.75) is 33.3 Å². The van der Waals surface area contributed by atoms with Crippen LogP contribution < -0.4 is 0 Å². The molecule has 0 radical (unpaired) electrons. The Hall–Kier alpha value is -0.900. The molecule has 0 saturated heterocycles. The molecule has 2 N–H and O–H groups in total. The fraction of sp³-hybridized carbons (Fsp3) is 0.750. The molecule has 68 valence electrons. The highest BCUT2D eigenvalue weighted by Gasteiger charge is 2.22. The third kappa shape index (κ3) is 2.30. The van der Waals surface area contributed by atoms with Gasteiger partial charge in [-0.1, -0.05) is 20.8 Å². The van der Waals surface area contributed by atoms with Crippen LogP contribution in [-0.4, -0.2) is 26.6 Å². The molecular weight excluding hydrogens is 154 g/mol. The average Bonchev–Trinajstić information content (AvgIpc) is 2.37. The third-order valence-electron chi connectivity index (χ3n) is 1.87. The van der Waals surface area contributed by atoms with Crippen molar-refractivity contribution < 1.29 is 5.11 Å². The van der Waals surface area contributed by atoms with Crippen molar-refractivity contribution in [1.82, 2.24) is 15.4 Å². The van der Waals surface area contributed by atoms with Crippen LogP contribution >= 0.6 is 0 Å². The number of hydrogen-bond acceptors (Lipinski definition) is 3. The Morgan fingerprint density at radius 2 is 2.25 bits per heavy atom. The van der Waals surface area contributed by atoms with E-state index < -0.39 is 0 Å². The van der Waals surface area contributed by atoms with Gasteiger partial charge in [-0.2, -0.15) is 15.4 Å². The Morgan fingerprint density at radius 1 is 1.58 bits per heavy atom. The van der Waals surface area contributed by atoms with Crippen LogP contribution in [0.4, 0.5) is 0 Å². The van der Waals surface area contributed by atoms with Gasteiger partial charge in [0.1, 0.15) is 0 Å². The molecule has 0 bridgehead atoms. The average molecular weight is 169 g/mol. The summed E-state index contributed by atoms with van der Waals surface area (Å²) in [6.45, 7) is 5.99. The summed E-state index contributed by atoms with van der Waals surface area (Å²) in [7, 11) is 0. The number of aromatic amines is 1. The van der Waals surface area contributed by atoms with E-state index in [4.69, 9.17) is 0 Å². The van der Waals surface area contributed by atoms with E-state index in [2.05, 4.69) is 15.4 Å². The van der Waals surface area contributed by atoms with Crippen molar-refractivity contribution in [3.63, 3.8) is 0 Å². The summed E-state index contributed by atoms with van der Waals surface area (Å²) >= 11 is 0. The van der Waals surface area contributed by atoms with Gasteiger partial charge in [0.05, 0.1) is 18.0 Å². The van der Waals surface area contributed by atoms with Crippen LogP contribution in [0.5, 0.6) is 0 Å². The number of H-pyrrole nitrogens is 1. The van der Waals surface area contributed by atoms with Crippen LogP contribution in [0.15, 0.2) is 6.20 Å². The van der Waals surface area contributed by atoms with E-state index in [-0.39, 0.29) is 11.5 Å². The number of aliphatic hydroxyl groups excluding tert-OH is 1. The molecule has 0 fully saturated rings. The topological polar surface area (TPSA) is 61.8 Å². The highest BCUT2D eigenvalue weighted by atomic mass is 16.3. The van der Waals surface area contributed by atoms with Gasteiger partial charge in [-0.3, -0.25) is 0 Å². The van der Waals surface area contributed by atoms with Gasteiger partial charge in [-0.15, -0.1) is 0 Å². The minimum atomic E-state index is -0.373. The summed E-state index contributed by atoms with van der Waals surface area (Å²) in [4.78, 5) is 0. The van der Waals surface area contributed by atoms with Gasteiger partial charge in [0, 0.05) is 6.42 Å². The van der Waals surface area contributed by atoms with Gasteiger partial charge >= 0.3 is 0 Å². The number of aliphatic hydroxyl groups is 1. The fourth-order valence-corrected chi connectivity index (χ4v) is 0.828. The molecule has 0 spiro atoms. The van der Waals surface area contributed by atoms with E-state index in [0.29, 0.717) is 6.42 Å². The first kappa shape index (κ1) is 9.19. The Bertz CT molecular complexity index is 225. The lowest BCUT2D eigenvalue weighted by molar-refractivity contribution is 0.0627. The lowest BCUT2D eigenvalue weighted by Gasteiger charge is -2.24. The lowest BCUT2D eigenvalue weighted by atomic mass is 9.87. The molecule has 1 atom stereocenters. The first-order chi connectivity index (χ1) is 5.50. The molecule has 1 heterocycles. The number of aromatic nitrogens is 3. The molecule has 0 aliphatic rings. The van der Waals surface area contributed by atoms with Crippen molar-refractivity contribution in [2.24, 2.45) is 5.41 Å². The van der Waals surface area contributed by atoms with E-state index in [1.54, 1.807) is 6.20 Å². The van der Waals surface area contributed by atoms with Crippen molar-refractivity contribution in [3.8, 4) is 0 Å². The molecule has 1 aromatic rings. The number of nitrogens with zero attached hydrogens (tertiary/aromatic N) is 2. The molecule has 1 unspecified atom stereocenters. The highest BCUT2D eigenvalue weighted by molar-refractivity contribution is 4.95. The maximum absolute atomic E-state index is 9.68. The quantitative estimate of drug-likeness (QED) is 0.687. The predicted octanol–water partition coefficient (Wildman–Crippen LogP) is 0.754. The smallest absolute Gasteiger partial charge is 0.0850 e. The largest absolute Gasteiger partial charge is 0.392 e. The summed E-state index contributed by atoms with van der Waals surface area (Å²) in [5.74, 6) is 0. The SMILES string of the molecule is CC(C)(C)C(O)Cc1cn[nH]n1. The van der Waals surface area contributed by atoms with Crippen LogP contribution in [0.25, 0.3) is 0 Å². The Morgan fingerprint density at radius 3 is 2.67 bits per heavy atom. The van der Waals surface area contributed by atoms with Gasteiger partial charge < -0.3 is 5.11 Å². The molecule has 4 heteroatoms. The van der Waals surface area contributed by atoms with E-state index in [1.807, 2.05) is 20.8 Å². The molecule has 0 amide bonds. The highest BCUT2D eigenvalue weighted by Crippen LogP contribution is 2.21. The molecular formula is C8H15N3O. The molecule has 0 aliphatic carbocycles. The minimum Gasteiger partial charge on any atom is -0.392 e. The Kier molecular flexibility index (Phi) is 2.47. The summed E-state index contributed by atoms with van der Waals surface area (Å²) in [5.41, 5.74) is 0.705. The monoisotopic (exact) mass is 169 g/mol. The second kappa shape index (κ2) is 3.23. The number of hydrogen-bond donors (Lipinski definition) is 2. The van der Waals surface area contributed by atoms with Crippen LogP contribution in [0, 0.1) is 5.41 Å². The molecule has 4 nitrogen and oxygen atoms in total. The molecule has 0 aromatic carbocycles. The first-order valence-electron chi connectivity index (χ1n) is 4.03. The maximum atomic E-state index is 9.68. The van der Waals surface area contributed by atoms with Crippen molar-refractivity contribution in [2.75, 3.05) is 0 Å². The van der Waals surface area contributed by atoms with E-state index in [1.165, 1.54) is 0 Å². The van der Waals surface area contributed by atoms with Gasteiger partial charge in [-0.25, -0.2) is 0 Å². The van der Waals surface area contributed by atoms with Gasteiger partial charge in [0.25, 0.3) is 0 Å². The van der Waals surface area contributed by atoms with E-state index in [9.17, 15) is 5.11 Å². The van der Waals surface area contributed by atoms with Crippen LogP contribution in [-0.2, 0) is 6.42 Å². The molecule has 1 aromatic heterocycles.